The molecule has 4 atom stereocenters. The molecule has 2 aliphatic rings. The first kappa shape index (κ1) is 27.8. The van der Waals surface area contributed by atoms with Crippen LogP contribution in [-0.2, 0) is 19.9 Å². The fourth-order valence-electron chi connectivity index (χ4n) is 4.44. The highest BCUT2D eigenvalue weighted by Crippen LogP contribution is 2.54. The molecule has 1 aromatic carbocycles. The van der Waals surface area contributed by atoms with E-state index in [1.807, 2.05) is 0 Å². The molecule has 0 aliphatic carbocycles. The highest BCUT2D eigenvalue weighted by atomic mass is 32.2. The van der Waals surface area contributed by atoms with E-state index in [0.29, 0.717) is 0 Å². The average molecular weight is 557 g/mol. The Morgan fingerprint density at radius 3 is 2.79 bits per heavy atom. The fourth-order valence-corrected chi connectivity index (χ4v) is 5.67. The van der Waals surface area contributed by atoms with Crippen LogP contribution < -0.4 is 10.5 Å². The monoisotopic (exact) mass is 556 g/mol. The number of halogens is 5. The number of hydrogen-bond donors (Lipinski definition) is 1. The summed E-state index contributed by atoms with van der Waals surface area (Å²) in [5.41, 5.74) is 2.65. The van der Waals surface area contributed by atoms with Gasteiger partial charge in [0.05, 0.1) is 19.0 Å². The number of fused-ring (bicyclic) bond motifs is 1. The van der Waals surface area contributed by atoms with Crippen LogP contribution in [0, 0.1) is 24.1 Å². The number of alkyl halides is 3. The summed E-state index contributed by atoms with van der Waals surface area (Å²) in [6.45, 7) is 0.306. The Balaban J connectivity index is 1.77. The van der Waals surface area contributed by atoms with Crippen molar-refractivity contribution >= 4 is 29.6 Å². The molecule has 3 heterocycles. The van der Waals surface area contributed by atoms with Gasteiger partial charge in [0.15, 0.2) is 18.5 Å². The van der Waals surface area contributed by atoms with Crippen molar-refractivity contribution in [2.45, 2.75) is 30.2 Å². The average Bonchev–Trinajstić information content (AvgIpc) is 3.27. The van der Waals surface area contributed by atoms with E-state index in [2.05, 4.69) is 15.9 Å². The van der Waals surface area contributed by atoms with Crippen LogP contribution in [-0.4, -0.2) is 57.7 Å². The van der Waals surface area contributed by atoms with Gasteiger partial charge in [0, 0.05) is 24.2 Å². The number of nitrogens with two attached hydrogens (primary N) is 1. The van der Waals surface area contributed by atoms with Crippen LogP contribution in [0.5, 0.6) is 5.88 Å². The van der Waals surface area contributed by atoms with E-state index in [4.69, 9.17) is 26.5 Å². The highest BCUT2D eigenvalue weighted by molar-refractivity contribution is 7.99. The van der Waals surface area contributed by atoms with Crippen molar-refractivity contribution in [2.75, 3.05) is 19.0 Å². The molecule has 1 unspecified atom stereocenters. The third-order valence-electron chi connectivity index (χ3n) is 6.01. The van der Waals surface area contributed by atoms with E-state index >= 15 is 4.39 Å². The molecule has 1 aromatic heterocycles. The summed E-state index contributed by atoms with van der Waals surface area (Å²) < 4.78 is 82.1. The number of ether oxygens (including phenoxy) is 2. The molecule has 14 heteroatoms. The number of benzene rings is 1. The molecule has 202 valence electrons. The Bertz CT molecular complexity index is 1270. The van der Waals surface area contributed by atoms with Crippen molar-refractivity contribution in [1.29, 1.82) is 0 Å². The maximum Gasteiger partial charge on any atom is 0.415 e. The largest absolute Gasteiger partial charge is 0.463 e. The molecule has 8 nitrogen and oxygen atoms in total. The summed E-state index contributed by atoms with van der Waals surface area (Å²) in [6.07, 6.45) is 1.29. The SMILES string of the molecule is C#CCOc1cnc(/C(F)=C/c2ccc(F)c([C@]34CO[C@H](C(F)(F)F)[C@H]3CSC(N)N4OC(C)=O)c2)cn1. The summed E-state index contributed by atoms with van der Waals surface area (Å²) in [5.74, 6) is -1.88. The normalized spacial score (nSPS) is 25.9. The van der Waals surface area contributed by atoms with Gasteiger partial charge in [-0.05, 0) is 23.8 Å². The lowest BCUT2D eigenvalue weighted by Gasteiger charge is -2.48. The van der Waals surface area contributed by atoms with Crippen LogP contribution in [0.1, 0.15) is 23.7 Å². The molecule has 0 saturated carbocycles. The molecule has 2 aliphatic heterocycles. The minimum Gasteiger partial charge on any atom is -0.463 e. The Hall–Kier alpha value is -3.25. The molecule has 38 heavy (non-hydrogen) atoms. The van der Waals surface area contributed by atoms with Gasteiger partial charge >= 0.3 is 12.1 Å². The first-order valence-corrected chi connectivity index (χ1v) is 12.1. The predicted octanol–water partition coefficient (Wildman–Crippen LogP) is 3.64. The van der Waals surface area contributed by atoms with Gasteiger partial charge in [0.1, 0.15) is 22.5 Å². The van der Waals surface area contributed by atoms with E-state index in [0.717, 1.165) is 48.3 Å². The molecule has 0 amide bonds. The number of nitrogens with zero attached hydrogens (tertiary/aromatic N) is 3. The highest BCUT2D eigenvalue weighted by Gasteiger charge is 2.66. The minimum absolute atomic E-state index is 0.0567. The van der Waals surface area contributed by atoms with Crippen molar-refractivity contribution in [3.63, 3.8) is 0 Å². The van der Waals surface area contributed by atoms with Gasteiger partial charge in [-0.15, -0.1) is 18.2 Å². The predicted molar refractivity (Wildman–Crippen MR) is 127 cm³/mol. The maximum absolute atomic E-state index is 15.3. The Morgan fingerprint density at radius 1 is 1.39 bits per heavy atom. The lowest BCUT2D eigenvalue weighted by molar-refractivity contribution is -0.240. The summed E-state index contributed by atoms with van der Waals surface area (Å²) in [6, 6.07) is 3.37. The van der Waals surface area contributed by atoms with E-state index < -0.39 is 53.5 Å². The van der Waals surface area contributed by atoms with Crippen LogP contribution in [0.3, 0.4) is 0 Å². The van der Waals surface area contributed by atoms with Gasteiger partial charge in [-0.1, -0.05) is 17.1 Å². The number of terminal acetylenes is 1. The number of hydrogen-bond acceptors (Lipinski definition) is 9. The van der Waals surface area contributed by atoms with Gasteiger partial charge in [-0.2, -0.15) is 13.2 Å². The molecule has 0 bridgehead atoms. The number of carbonyl (C=O) groups is 1. The van der Waals surface area contributed by atoms with E-state index in [1.54, 1.807) is 0 Å². The first-order valence-electron chi connectivity index (χ1n) is 11.1. The third kappa shape index (κ3) is 5.32. The van der Waals surface area contributed by atoms with Crippen LogP contribution in [0.2, 0.25) is 0 Å². The minimum atomic E-state index is -4.79. The fraction of sp³-hybridized carbons (Fsp3) is 0.375. The zero-order chi connectivity index (χ0) is 27.7. The van der Waals surface area contributed by atoms with Crippen LogP contribution in [0.25, 0.3) is 11.9 Å². The zero-order valence-corrected chi connectivity index (χ0v) is 20.6. The molecule has 0 radical (unpaired) electrons. The first-order chi connectivity index (χ1) is 18.0. The number of hydroxylamine groups is 2. The second-order valence-electron chi connectivity index (χ2n) is 8.40. The quantitative estimate of drug-likeness (QED) is 0.422. The van der Waals surface area contributed by atoms with Crippen LogP contribution in [0.4, 0.5) is 22.0 Å². The molecule has 2 fully saturated rings. The van der Waals surface area contributed by atoms with Crippen molar-refractivity contribution in [1.82, 2.24) is 15.0 Å². The van der Waals surface area contributed by atoms with E-state index in [1.165, 1.54) is 12.1 Å². The summed E-state index contributed by atoms with van der Waals surface area (Å²) in [5, 5.41) is 0.850. The van der Waals surface area contributed by atoms with Gasteiger partial charge in [-0.3, -0.25) is 4.79 Å². The number of carbonyl (C=O) groups excluding carboxylic acids is 1. The van der Waals surface area contributed by atoms with Crippen molar-refractivity contribution in [2.24, 2.45) is 11.7 Å². The summed E-state index contributed by atoms with van der Waals surface area (Å²) in [7, 11) is 0. The van der Waals surface area contributed by atoms with E-state index in [-0.39, 0.29) is 35.1 Å². The Morgan fingerprint density at radius 2 is 2.16 bits per heavy atom. The summed E-state index contributed by atoms with van der Waals surface area (Å²) in [4.78, 5) is 24.9. The molecule has 0 spiro atoms. The zero-order valence-electron chi connectivity index (χ0n) is 19.7. The summed E-state index contributed by atoms with van der Waals surface area (Å²) >= 11 is 0.897. The maximum atomic E-state index is 15.3. The molecule has 2 N–H and O–H groups in total. The molecular formula is C24H21F5N4O4S. The van der Waals surface area contributed by atoms with Gasteiger partial charge in [0.2, 0.25) is 5.88 Å². The topological polar surface area (TPSA) is 99.8 Å². The molecular weight excluding hydrogens is 535 g/mol. The van der Waals surface area contributed by atoms with Crippen molar-refractivity contribution in [3.05, 3.63) is 53.2 Å². The molecule has 2 aromatic rings. The molecule has 4 rings (SSSR count). The number of thioether (sulfide) groups is 1. The number of aromatic nitrogens is 2. The van der Waals surface area contributed by atoms with Gasteiger partial charge < -0.3 is 20.0 Å². The van der Waals surface area contributed by atoms with Gasteiger partial charge in [-0.25, -0.2) is 18.7 Å². The lowest BCUT2D eigenvalue weighted by atomic mass is 9.77. The standard InChI is InChI=1S/C24H21F5N4O4S/c1-3-6-35-20-10-31-19(9-32-20)18(26)8-14-4-5-17(25)15(7-14)23-12-36-21(24(27,28)29)16(23)11-38-22(30)33(23)37-13(2)34/h1,4-5,7-10,16,21-22H,6,11-12,30H2,2H3/b18-8-/t16-,21+,22?,23-/m1/s1. The van der Waals surface area contributed by atoms with Crippen molar-refractivity contribution < 1.29 is 41.1 Å². The number of rotatable bonds is 6. The van der Waals surface area contributed by atoms with Gasteiger partial charge in [0.25, 0.3) is 0 Å². The van der Waals surface area contributed by atoms with Crippen LogP contribution in [0.15, 0.2) is 30.6 Å². The molecule has 2 saturated heterocycles. The van der Waals surface area contributed by atoms with Crippen molar-refractivity contribution in [3.8, 4) is 18.2 Å². The second kappa shape index (κ2) is 10.9. The Kier molecular flexibility index (Phi) is 7.93. The third-order valence-corrected chi connectivity index (χ3v) is 7.09. The smallest absolute Gasteiger partial charge is 0.415 e. The van der Waals surface area contributed by atoms with E-state index in [9.17, 15) is 22.4 Å². The van der Waals surface area contributed by atoms with Crippen LogP contribution >= 0.6 is 11.8 Å². The Labute approximate surface area is 218 Å². The second-order valence-corrected chi connectivity index (χ2v) is 9.55. The lowest BCUT2D eigenvalue weighted by Crippen LogP contribution is -2.63.